The first-order chi connectivity index (χ1) is 12.4. The first-order valence-corrected chi connectivity index (χ1v) is 9.93. The highest BCUT2D eigenvalue weighted by molar-refractivity contribution is 7.86. The molecule has 7 heteroatoms. The van der Waals surface area contributed by atoms with Gasteiger partial charge in [0.2, 0.25) is 0 Å². The molecule has 2 rings (SSSR count). The fourth-order valence-electron chi connectivity index (χ4n) is 1.58. The van der Waals surface area contributed by atoms with Crippen molar-refractivity contribution in [3.8, 4) is 5.75 Å². The van der Waals surface area contributed by atoms with Crippen LogP contribution in [-0.2, 0) is 10.1 Å². The largest absolute Gasteiger partial charge is 0.388 e. The molecule has 0 heterocycles. The second-order valence-electron chi connectivity index (χ2n) is 4.56. The lowest BCUT2D eigenvalue weighted by atomic mass is 10.1. The molecule has 26 heavy (non-hydrogen) atoms. The van der Waals surface area contributed by atoms with Crippen LogP contribution in [0.3, 0.4) is 0 Å². The summed E-state index contributed by atoms with van der Waals surface area (Å²) in [5.41, 5.74) is 6.71. The van der Waals surface area contributed by atoms with Gasteiger partial charge in [-0.05, 0) is 43.8 Å². The Balaban J connectivity index is 0. The van der Waals surface area contributed by atoms with Gasteiger partial charge >= 0.3 is 10.1 Å². The van der Waals surface area contributed by atoms with Gasteiger partial charge in [-0.3, -0.25) is 4.79 Å². The van der Waals surface area contributed by atoms with Gasteiger partial charge in [-0.15, -0.1) is 0 Å². The summed E-state index contributed by atoms with van der Waals surface area (Å²) in [6.07, 6.45) is 1.49. The van der Waals surface area contributed by atoms with Crippen LogP contribution in [0.5, 0.6) is 5.75 Å². The van der Waals surface area contributed by atoms with Crippen molar-refractivity contribution >= 4 is 22.1 Å². The molecular weight excluding hydrogens is 352 g/mol. The van der Waals surface area contributed by atoms with Gasteiger partial charge in [0.25, 0.3) is 0 Å². The number of aryl methyl sites for hydroxylation is 1. The lowest BCUT2D eigenvalue weighted by Gasteiger charge is -2.05. The highest BCUT2D eigenvalue weighted by Crippen LogP contribution is 2.19. The molecule has 6 nitrogen and oxygen atoms in total. The number of carbonyl (C=O) groups excluding carboxylic acids is 1. The molecule has 0 aliphatic rings. The van der Waals surface area contributed by atoms with E-state index < -0.39 is 10.1 Å². The van der Waals surface area contributed by atoms with Crippen molar-refractivity contribution in [2.45, 2.75) is 20.8 Å². The van der Waals surface area contributed by atoms with Crippen LogP contribution in [0.4, 0.5) is 5.69 Å². The minimum Gasteiger partial charge on any atom is -0.388 e. The maximum absolute atomic E-state index is 10.8. The van der Waals surface area contributed by atoms with E-state index in [0.29, 0.717) is 6.29 Å². The molecule has 0 spiro atoms. The first-order valence-electron chi connectivity index (χ1n) is 8.11. The molecule has 0 aromatic heterocycles. The molecule has 0 amide bonds. The highest BCUT2D eigenvalue weighted by atomic mass is 32.2. The predicted octanol–water partition coefficient (Wildman–Crippen LogP) is 3.48. The monoisotopic (exact) mass is 382 g/mol. The van der Waals surface area contributed by atoms with E-state index in [1.165, 1.54) is 19.2 Å². The van der Waals surface area contributed by atoms with Crippen LogP contribution < -0.4 is 15.2 Å². The molecule has 0 radical (unpaired) electrons. The van der Waals surface area contributed by atoms with Gasteiger partial charge in [-0.25, -0.2) is 0 Å². The highest BCUT2D eigenvalue weighted by Gasteiger charge is 2.09. The van der Waals surface area contributed by atoms with E-state index in [9.17, 15) is 13.2 Å². The number of nitrogens with one attached hydrogen (secondary N) is 1. The molecule has 146 valence electrons. The zero-order chi connectivity index (χ0) is 20.6. The van der Waals surface area contributed by atoms with Crippen LogP contribution in [-0.4, -0.2) is 35.1 Å². The third-order valence-electron chi connectivity index (χ3n) is 2.60. The van der Waals surface area contributed by atoms with Crippen LogP contribution in [0, 0.1) is 6.92 Å². The molecule has 2 aromatic carbocycles. The summed E-state index contributed by atoms with van der Waals surface area (Å²) in [4.78, 5) is 10.5. The molecular formula is C19H30N2O4S. The molecule has 2 aromatic rings. The van der Waals surface area contributed by atoms with E-state index in [2.05, 4.69) is 15.2 Å². The molecule has 0 fully saturated rings. The SMILES string of the molecule is CC.CN.CNc1ccccc1.Cc1ccc(C=O)c(OS(C)(=O)=O)c1. The maximum Gasteiger partial charge on any atom is 0.306 e. The Labute approximate surface area is 157 Å². The average molecular weight is 383 g/mol. The van der Waals surface area contributed by atoms with Crippen LogP contribution in [0.25, 0.3) is 0 Å². The number of hydrogen-bond donors (Lipinski definition) is 2. The number of para-hydroxylation sites is 1. The summed E-state index contributed by atoms with van der Waals surface area (Å²) in [5.74, 6) is 0.0718. The van der Waals surface area contributed by atoms with Gasteiger partial charge < -0.3 is 15.2 Å². The van der Waals surface area contributed by atoms with E-state index >= 15 is 0 Å². The van der Waals surface area contributed by atoms with E-state index in [-0.39, 0.29) is 11.3 Å². The standard InChI is InChI=1S/C9H10O4S.C7H9N.C2H6.CH5N/c1-7-3-4-8(6-10)9(5-7)13-14(2,11)12;1-8-7-5-3-2-4-6-7;2*1-2/h3-6H,1-2H3;2-6,8H,1H3;1-2H3;2H2,1H3. The molecule has 3 N–H and O–H groups in total. The van der Waals surface area contributed by atoms with Crippen molar-refractivity contribution in [1.82, 2.24) is 0 Å². The molecule has 0 atom stereocenters. The van der Waals surface area contributed by atoms with Crippen molar-refractivity contribution in [3.63, 3.8) is 0 Å². The Kier molecular flexibility index (Phi) is 14.8. The fraction of sp³-hybridized carbons (Fsp3) is 0.316. The normalized spacial score (nSPS) is 9.04. The lowest BCUT2D eigenvalue weighted by molar-refractivity contribution is 0.112. The van der Waals surface area contributed by atoms with Gasteiger partial charge in [-0.2, -0.15) is 8.42 Å². The smallest absolute Gasteiger partial charge is 0.306 e. The summed E-state index contributed by atoms with van der Waals surface area (Å²) in [6, 6.07) is 14.8. The van der Waals surface area contributed by atoms with Crippen LogP contribution in [0.15, 0.2) is 48.5 Å². The van der Waals surface area contributed by atoms with Crippen molar-refractivity contribution in [2.24, 2.45) is 5.73 Å². The number of carbonyl (C=O) groups is 1. The Morgan fingerprint density at radius 2 is 1.58 bits per heavy atom. The summed E-state index contributed by atoms with van der Waals surface area (Å²) >= 11 is 0. The minimum atomic E-state index is -3.59. The second kappa shape index (κ2) is 14.9. The molecule has 0 aliphatic carbocycles. The number of benzene rings is 2. The van der Waals surface area contributed by atoms with Gasteiger partial charge in [0, 0.05) is 12.7 Å². The minimum absolute atomic E-state index is 0.0718. The van der Waals surface area contributed by atoms with Gasteiger partial charge in [0.1, 0.15) is 0 Å². The molecule has 0 unspecified atom stereocenters. The summed E-state index contributed by atoms with van der Waals surface area (Å²) in [7, 11) is -0.173. The summed E-state index contributed by atoms with van der Waals surface area (Å²) in [5, 5.41) is 3.03. The number of aldehydes is 1. The van der Waals surface area contributed by atoms with E-state index in [1.54, 1.807) is 13.0 Å². The zero-order valence-corrected chi connectivity index (χ0v) is 17.1. The molecule has 0 bridgehead atoms. The van der Waals surface area contributed by atoms with E-state index in [4.69, 9.17) is 0 Å². The number of nitrogens with two attached hydrogens (primary N) is 1. The topological polar surface area (TPSA) is 98.5 Å². The number of hydrogen-bond acceptors (Lipinski definition) is 6. The Morgan fingerprint density at radius 1 is 1.04 bits per heavy atom. The maximum atomic E-state index is 10.8. The van der Waals surface area contributed by atoms with E-state index in [1.807, 2.05) is 51.2 Å². The van der Waals surface area contributed by atoms with Gasteiger partial charge in [0.15, 0.2) is 12.0 Å². The summed E-state index contributed by atoms with van der Waals surface area (Å²) in [6.45, 7) is 5.78. The average Bonchev–Trinajstić information content (AvgIpc) is 2.65. The number of anilines is 1. The van der Waals surface area contributed by atoms with Gasteiger partial charge in [0.05, 0.1) is 11.8 Å². The Morgan fingerprint density at radius 3 is 1.96 bits per heavy atom. The third kappa shape index (κ3) is 12.0. The Bertz CT molecular complexity index is 718. The molecule has 0 saturated carbocycles. The van der Waals surface area contributed by atoms with Crippen molar-refractivity contribution in [3.05, 3.63) is 59.7 Å². The summed E-state index contributed by atoms with van der Waals surface area (Å²) < 4.78 is 26.3. The lowest BCUT2D eigenvalue weighted by Crippen LogP contribution is -2.07. The van der Waals surface area contributed by atoms with Crippen molar-refractivity contribution < 1.29 is 17.4 Å². The Hall–Kier alpha value is -2.38. The molecule has 0 saturated heterocycles. The number of rotatable bonds is 4. The predicted molar refractivity (Wildman–Crippen MR) is 109 cm³/mol. The third-order valence-corrected chi connectivity index (χ3v) is 3.08. The van der Waals surface area contributed by atoms with Gasteiger partial charge in [-0.1, -0.05) is 38.1 Å². The molecule has 0 aliphatic heterocycles. The van der Waals surface area contributed by atoms with Crippen LogP contribution in [0.1, 0.15) is 29.8 Å². The fourth-order valence-corrected chi connectivity index (χ4v) is 2.05. The first kappa shape index (κ1) is 25.9. The van der Waals surface area contributed by atoms with Crippen LogP contribution in [0.2, 0.25) is 0 Å². The van der Waals surface area contributed by atoms with E-state index in [0.717, 1.165) is 17.5 Å². The van der Waals surface area contributed by atoms with Crippen molar-refractivity contribution in [2.75, 3.05) is 25.7 Å². The quantitative estimate of drug-likeness (QED) is 0.620. The zero-order valence-electron chi connectivity index (χ0n) is 16.3. The van der Waals surface area contributed by atoms with Crippen molar-refractivity contribution in [1.29, 1.82) is 0 Å². The van der Waals surface area contributed by atoms with Crippen LogP contribution >= 0.6 is 0 Å². The second-order valence-corrected chi connectivity index (χ2v) is 6.14.